The first kappa shape index (κ1) is 14.0. The second-order valence-corrected chi connectivity index (χ2v) is 4.03. The highest BCUT2D eigenvalue weighted by atomic mass is 19.1. The molecule has 106 valence electrons. The van der Waals surface area contributed by atoms with Crippen LogP contribution in [0.15, 0.2) is 24.3 Å². The summed E-state index contributed by atoms with van der Waals surface area (Å²) in [7, 11) is 0. The number of rotatable bonds is 5. The third-order valence-electron chi connectivity index (χ3n) is 2.49. The lowest BCUT2D eigenvalue weighted by Crippen LogP contribution is -2.10. The van der Waals surface area contributed by atoms with Gasteiger partial charge in [0.05, 0.1) is 6.61 Å². The van der Waals surface area contributed by atoms with Crippen LogP contribution in [0.25, 0.3) is 0 Å². The molecule has 1 heterocycles. The molecule has 0 fully saturated rings. The van der Waals surface area contributed by atoms with Crippen molar-refractivity contribution < 1.29 is 9.13 Å². The molecule has 6 nitrogen and oxygen atoms in total. The van der Waals surface area contributed by atoms with Crippen LogP contribution in [0.2, 0.25) is 0 Å². The van der Waals surface area contributed by atoms with Crippen molar-refractivity contribution in [2.75, 3.05) is 17.3 Å². The van der Waals surface area contributed by atoms with Crippen LogP contribution in [-0.2, 0) is 0 Å². The zero-order valence-electron chi connectivity index (χ0n) is 11.3. The summed E-state index contributed by atoms with van der Waals surface area (Å²) in [6.07, 6.45) is 0. The van der Waals surface area contributed by atoms with Gasteiger partial charge in [-0.25, -0.2) is 20.2 Å². The standard InChI is InChI=1S/C13H16FN5O/c1-3-20-11-5-4-9(6-10(11)14)18-12-7-13(19-15)17-8(2)16-12/h4-7H,3,15H2,1-2H3,(H2,16,17,18,19). The summed E-state index contributed by atoms with van der Waals surface area (Å²) in [6, 6.07) is 6.25. The molecular formula is C13H16FN5O. The zero-order valence-corrected chi connectivity index (χ0v) is 11.3. The SMILES string of the molecule is CCOc1ccc(Nc2cc(NN)nc(C)n2)cc1F. The van der Waals surface area contributed by atoms with Crippen LogP contribution in [0.3, 0.4) is 0 Å². The van der Waals surface area contributed by atoms with Crippen LogP contribution in [0.4, 0.5) is 21.7 Å². The molecule has 7 heteroatoms. The second-order valence-electron chi connectivity index (χ2n) is 4.03. The fourth-order valence-corrected chi connectivity index (χ4v) is 1.70. The minimum absolute atomic E-state index is 0.223. The lowest BCUT2D eigenvalue weighted by Gasteiger charge is -2.10. The summed E-state index contributed by atoms with van der Waals surface area (Å²) in [6.45, 7) is 3.96. The van der Waals surface area contributed by atoms with Crippen LogP contribution in [0, 0.1) is 12.7 Å². The van der Waals surface area contributed by atoms with Gasteiger partial charge in [0.15, 0.2) is 11.6 Å². The number of halogens is 1. The number of aryl methyl sites for hydroxylation is 1. The third kappa shape index (κ3) is 3.33. The molecule has 0 bridgehead atoms. The minimum atomic E-state index is -0.431. The molecule has 1 aromatic heterocycles. The number of ether oxygens (including phenoxy) is 1. The van der Waals surface area contributed by atoms with E-state index in [1.807, 2.05) is 0 Å². The minimum Gasteiger partial charge on any atom is -0.491 e. The maximum Gasteiger partial charge on any atom is 0.167 e. The monoisotopic (exact) mass is 277 g/mol. The molecule has 0 aliphatic rings. The number of aromatic nitrogens is 2. The maximum atomic E-state index is 13.7. The molecule has 0 saturated carbocycles. The van der Waals surface area contributed by atoms with Crippen molar-refractivity contribution in [1.82, 2.24) is 9.97 Å². The van der Waals surface area contributed by atoms with Gasteiger partial charge < -0.3 is 15.5 Å². The van der Waals surface area contributed by atoms with Gasteiger partial charge in [0.1, 0.15) is 17.5 Å². The van der Waals surface area contributed by atoms with E-state index in [1.165, 1.54) is 6.07 Å². The van der Waals surface area contributed by atoms with Gasteiger partial charge in [0.25, 0.3) is 0 Å². The van der Waals surface area contributed by atoms with E-state index in [2.05, 4.69) is 20.7 Å². The average Bonchev–Trinajstić information content (AvgIpc) is 2.41. The summed E-state index contributed by atoms with van der Waals surface area (Å²) in [5.41, 5.74) is 3.01. The van der Waals surface area contributed by atoms with Crippen molar-refractivity contribution >= 4 is 17.3 Å². The van der Waals surface area contributed by atoms with Crippen molar-refractivity contribution in [2.45, 2.75) is 13.8 Å². The fraction of sp³-hybridized carbons (Fsp3) is 0.231. The first-order valence-corrected chi connectivity index (χ1v) is 6.14. The van der Waals surface area contributed by atoms with Gasteiger partial charge in [-0.15, -0.1) is 0 Å². The van der Waals surface area contributed by atoms with Gasteiger partial charge >= 0.3 is 0 Å². The molecule has 2 rings (SSSR count). The van der Waals surface area contributed by atoms with Gasteiger partial charge in [0, 0.05) is 17.8 Å². The van der Waals surface area contributed by atoms with Crippen molar-refractivity contribution in [1.29, 1.82) is 0 Å². The topological polar surface area (TPSA) is 85.1 Å². The predicted octanol–water partition coefficient (Wildman–Crippen LogP) is 2.35. The van der Waals surface area contributed by atoms with E-state index in [1.54, 1.807) is 32.0 Å². The predicted molar refractivity (Wildman–Crippen MR) is 75.4 cm³/mol. The molecule has 1 aromatic carbocycles. The van der Waals surface area contributed by atoms with Crippen LogP contribution in [-0.4, -0.2) is 16.6 Å². The van der Waals surface area contributed by atoms with Gasteiger partial charge in [-0.2, -0.15) is 0 Å². The largest absolute Gasteiger partial charge is 0.491 e. The second kappa shape index (κ2) is 6.16. The van der Waals surface area contributed by atoms with E-state index in [0.717, 1.165) is 0 Å². The zero-order chi connectivity index (χ0) is 14.5. The smallest absolute Gasteiger partial charge is 0.167 e. The lowest BCUT2D eigenvalue weighted by molar-refractivity contribution is 0.321. The fourth-order valence-electron chi connectivity index (χ4n) is 1.70. The first-order valence-electron chi connectivity index (χ1n) is 6.14. The number of nitrogens with zero attached hydrogens (tertiary/aromatic N) is 2. The van der Waals surface area contributed by atoms with Crippen molar-refractivity contribution in [3.63, 3.8) is 0 Å². The van der Waals surface area contributed by atoms with Crippen molar-refractivity contribution in [3.8, 4) is 5.75 Å². The summed E-state index contributed by atoms with van der Waals surface area (Å²) in [4.78, 5) is 8.26. The Balaban J connectivity index is 2.21. The van der Waals surface area contributed by atoms with E-state index >= 15 is 0 Å². The average molecular weight is 277 g/mol. The van der Waals surface area contributed by atoms with Crippen LogP contribution in [0.5, 0.6) is 5.75 Å². The van der Waals surface area contributed by atoms with Gasteiger partial charge in [-0.1, -0.05) is 0 Å². The Kier molecular flexibility index (Phi) is 4.31. The van der Waals surface area contributed by atoms with Crippen LogP contribution < -0.4 is 21.3 Å². The van der Waals surface area contributed by atoms with Crippen LogP contribution in [0.1, 0.15) is 12.7 Å². The summed E-state index contributed by atoms with van der Waals surface area (Å²) < 4.78 is 18.9. The third-order valence-corrected chi connectivity index (χ3v) is 2.49. The molecule has 0 unspecified atom stereocenters. The first-order chi connectivity index (χ1) is 9.62. The number of anilines is 3. The molecule has 0 aliphatic heterocycles. The van der Waals surface area contributed by atoms with E-state index in [0.29, 0.717) is 29.8 Å². The van der Waals surface area contributed by atoms with Gasteiger partial charge in [0.2, 0.25) is 0 Å². The molecule has 0 spiro atoms. The molecule has 0 amide bonds. The number of nitrogen functional groups attached to an aromatic ring is 1. The lowest BCUT2D eigenvalue weighted by atomic mass is 10.3. The summed E-state index contributed by atoms with van der Waals surface area (Å²) in [5.74, 6) is 6.66. The molecule has 0 aliphatic carbocycles. The Morgan fingerprint density at radius 3 is 2.65 bits per heavy atom. The van der Waals surface area contributed by atoms with Gasteiger partial charge in [-0.05, 0) is 26.0 Å². The molecular weight excluding hydrogens is 261 g/mol. The Hall–Kier alpha value is -2.41. The number of nitrogens with one attached hydrogen (secondary N) is 2. The molecule has 0 atom stereocenters. The van der Waals surface area contributed by atoms with Crippen molar-refractivity contribution in [3.05, 3.63) is 35.9 Å². The molecule has 0 radical (unpaired) electrons. The number of benzene rings is 1. The van der Waals surface area contributed by atoms with Crippen molar-refractivity contribution in [2.24, 2.45) is 5.84 Å². The van der Waals surface area contributed by atoms with E-state index in [-0.39, 0.29) is 5.75 Å². The Morgan fingerprint density at radius 1 is 1.25 bits per heavy atom. The number of hydrazine groups is 1. The highest BCUT2D eigenvalue weighted by molar-refractivity contribution is 5.60. The van der Waals surface area contributed by atoms with E-state index in [9.17, 15) is 4.39 Å². The molecule has 2 aromatic rings. The highest BCUT2D eigenvalue weighted by Gasteiger charge is 2.06. The van der Waals surface area contributed by atoms with E-state index < -0.39 is 5.82 Å². The maximum absolute atomic E-state index is 13.7. The summed E-state index contributed by atoms with van der Waals surface area (Å²) in [5, 5.41) is 2.99. The number of hydrogen-bond acceptors (Lipinski definition) is 6. The molecule has 0 saturated heterocycles. The number of nitrogens with two attached hydrogens (primary N) is 1. The summed E-state index contributed by atoms with van der Waals surface area (Å²) >= 11 is 0. The Labute approximate surface area is 116 Å². The van der Waals surface area contributed by atoms with Gasteiger partial charge in [-0.3, -0.25) is 0 Å². The Bertz CT molecular complexity index is 605. The highest BCUT2D eigenvalue weighted by Crippen LogP contribution is 2.23. The van der Waals surface area contributed by atoms with Crippen LogP contribution >= 0.6 is 0 Å². The molecule has 20 heavy (non-hydrogen) atoms. The quantitative estimate of drug-likeness (QED) is 0.574. The van der Waals surface area contributed by atoms with E-state index in [4.69, 9.17) is 10.6 Å². The normalized spacial score (nSPS) is 10.2. The Morgan fingerprint density at radius 2 is 2.00 bits per heavy atom. The number of hydrogen-bond donors (Lipinski definition) is 3. The molecule has 4 N–H and O–H groups in total.